The molecule has 15 heteroatoms. The van der Waals surface area contributed by atoms with Crippen LogP contribution in [0.25, 0.3) is 0 Å². The SMILES string of the molecule is CC(C)C[C@@H](CC(=O)[O-])CN(C=O)O[C@H](C)OC(=O)C(C)C.CC(C)C[C@@H](CC(=O)[O-])CN(C=O)O[C@H](C)OC(=O)C(C)C.[Ca+2]. The van der Waals surface area contributed by atoms with Crippen LogP contribution in [0.4, 0.5) is 0 Å². The fourth-order valence-electron chi connectivity index (χ4n) is 4.00. The van der Waals surface area contributed by atoms with E-state index >= 15 is 0 Å². The molecular weight excluding hydrogens is 620 g/mol. The van der Waals surface area contributed by atoms with Crippen LogP contribution in [-0.4, -0.2) is 110 Å². The van der Waals surface area contributed by atoms with Crippen molar-refractivity contribution in [2.24, 2.45) is 35.5 Å². The molecule has 0 saturated carbocycles. The van der Waals surface area contributed by atoms with Gasteiger partial charge in [0.05, 0.1) is 24.9 Å². The first kappa shape index (κ1) is 47.4. The van der Waals surface area contributed by atoms with Crippen LogP contribution in [0.2, 0.25) is 0 Å². The van der Waals surface area contributed by atoms with Crippen molar-refractivity contribution in [2.45, 2.75) is 108 Å². The number of ether oxygens (including phenoxy) is 2. The van der Waals surface area contributed by atoms with Crippen molar-refractivity contribution in [3.05, 3.63) is 0 Å². The third-order valence-corrected chi connectivity index (χ3v) is 5.71. The molecule has 0 aliphatic carbocycles. The number of amides is 2. The van der Waals surface area contributed by atoms with Gasteiger partial charge in [-0.15, -0.1) is 0 Å². The molecule has 0 radical (unpaired) electrons. The molecule has 256 valence electrons. The van der Waals surface area contributed by atoms with Gasteiger partial charge in [0.1, 0.15) is 0 Å². The first-order valence-electron chi connectivity index (χ1n) is 14.9. The van der Waals surface area contributed by atoms with Gasteiger partial charge in [-0.1, -0.05) is 55.4 Å². The van der Waals surface area contributed by atoms with Crippen LogP contribution in [0.5, 0.6) is 0 Å². The Morgan fingerprint density at radius 2 is 0.889 bits per heavy atom. The van der Waals surface area contributed by atoms with Gasteiger partial charge in [0.25, 0.3) is 0 Å². The second kappa shape index (κ2) is 26.1. The van der Waals surface area contributed by atoms with Crippen molar-refractivity contribution < 1.29 is 58.1 Å². The summed E-state index contributed by atoms with van der Waals surface area (Å²) in [5.41, 5.74) is 0. The Morgan fingerprint density at radius 1 is 0.600 bits per heavy atom. The molecule has 0 unspecified atom stereocenters. The summed E-state index contributed by atoms with van der Waals surface area (Å²) in [5.74, 6) is -3.86. The Morgan fingerprint density at radius 3 is 1.09 bits per heavy atom. The summed E-state index contributed by atoms with van der Waals surface area (Å²) in [6.07, 6.45) is -0.0580. The van der Waals surface area contributed by atoms with E-state index in [0.29, 0.717) is 25.7 Å². The Bertz CT molecular complexity index is 815. The van der Waals surface area contributed by atoms with Crippen LogP contribution in [0, 0.1) is 35.5 Å². The number of carbonyl (C=O) groups is 6. The number of aliphatic carboxylic acids is 2. The first-order valence-corrected chi connectivity index (χ1v) is 14.9. The molecule has 4 atom stereocenters. The first-order chi connectivity index (χ1) is 20.3. The zero-order valence-corrected chi connectivity index (χ0v) is 30.7. The minimum Gasteiger partial charge on any atom is -0.550 e. The van der Waals surface area contributed by atoms with E-state index in [1.54, 1.807) is 27.7 Å². The summed E-state index contributed by atoms with van der Waals surface area (Å²) in [7, 11) is 0. The Hall–Kier alpha value is -2.00. The molecule has 0 spiro atoms. The number of carboxylic acids is 2. The smallest absolute Gasteiger partial charge is 0.550 e. The molecule has 0 aliphatic heterocycles. The number of carbonyl (C=O) groups excluding carboxylic acids is 6. The van der Waals surface area contributed by atoms with Crippen LogP contribution in [-0.2, 0) is 47.9 Å². The van der Waals surface area contributed by atoms with Crippen LogP contribution in [0.15, 0.2) is 0 Å². The van der Waals surface area contributed by atoms with Crippen molar-refractivity contribution in [1.82, 2.24) is 10.1 Å². The van der Waals surface area contributed by atoms with Gasteiger partial charge in [-0.3, -0.25) is 19.2 Å². The van der Waals surface area contributed by atoms with Gasteiger partial charge in [0.15, 0.2) is 0 Å². The van der Waals surface area contributed by atoms with E-state index < -0.39 is 36.5 Å². The van der Waals surface area contributed by atoms with E-state index in [0.717, 1.165) is 10.1 Å². The summed E-state index contributed by atoms with van der Waals surface area (Å²) in [5, 5.41) is 23.5. The van der Waals surface area contributed by atoms with E-state index in [2.05, 4.69) is 0 Å². The van der Waals surface area contributed by atoms with E-state index in [9.17, 15) is 39.0 Å². The number of carboxylic acid groups (broad SMARTS) is 2. The van der Waals surface area contributed by atoms with E-state index in [1.165, 1.54) is 13.8 Å². The van der Waals surface area contributed by atoms with Crippen molar-refractivity contribution in [3.63, 3.8) is 0 Å². The molecule has 0 fully saturated rings. The molecule has 0 bridgehead atoms. The van der Waals surface area contributed by atoms with E-state index in [4.69, 9.17) is 19.1 Å². The van der Waals surface area contributed by atoms with Crippen molar-refractivity contribution >= 4 is 74.4 Å². The minimum atomic E-state index is -1.17. The molecule has 0 saturated heterocycles. The van der Waals surface area contributed by atoms with Crippen LogP contribution >= 0.6 is 0 Å². The maximum absolute atomic E-state index is 11.4. The Balaban J connectivity index is -0.000000767. The molecule has 0 aromatic rings. The van der Waals surface area contributed by atoms with E-state index in [1.807, 2.05) is 27.7 Å². The fraction of sp³-hybridized carbons (Fsp3) is 0.800. The average molecular weight is 673 g/mol. The molecule has 0 aromatic heterocycles. The molecule has 0 rings (SSSR count). The van der Waals surface area contributed by atoms with Gasteiger partial charge in [-0.25, -0.2) is 19.8 Å². The number of esters is 2. The van der Waals surface area contributed by atoms with Gasteiger partial charge in [-0.05, 0) is 49.4 Å². The number of hydrogen-bond donors (Lipinski definition) is 0. The third kappa shape index (κ3) is 26.9. The second-order valence-corrected chi connectivity index (χ2v) is 12.1. The molecule has 0 heterocycles. The summed E-state index contributed by atoms with van der Waals surface area (Å²) < 4.78 is 9.99. The van der Waals surface area contributed by atoms with Gasteiger partial charge in [-0.2, -0.15) is 0 Å². The zero-order valence-electron chi connectivity index (χ0n) is 28.5. The molecular formula is C30H52CaN2O12. The maximum atomic E-state index is 11.4. The monoisotopic (exact) mass is 672 g/mol. The number of hydrogen-bond acceptors (Lipinski definition) is 12. The zero-order chi connectivity index (χ0) is 34.6. The van der Waals surface area contributed by atoms with Crippen molar-refractivity contribution in [2.75, 3.05) is 13.1 Å². The normalized spacial score (nSPS) is 13.5. The molecule has 14 nitrogen and oxygen atoms in total. The van der Waals surface area contributed by atoms with Crippen LogP contribution in [0.3, 0.4) is 0 Å². The Kier molecular flexibility index (Phi) is 27.5. The van der Waals surface area contributed by atoms with Crippen LogP contribution < -0.4 is 10.2 Å². The van der Waals surface area contributed by atoms with Gasteiger partial charge >= 0.3 is 49.7 Å². The van der Waals surface area contributed by atoms with Crippen LogP contribution in [0.1, 0.15) is 94.9 Å². The minimum absolute atomic E-state index is 0. The van der Waals surface area contributed by atoms with Gasteiger partial charge in [0, 0.05) is 25.8 Å². The summed E-state index contributed by atoms with van der Waals surface area (Å²) in [4.78, 5) is 77.0. The van der Waals surface area contributed by atoms with Gasteiger partial charge < -0.3 is 29.3 Å². The number of nitrogens with zero attached hydrogens (tertiary/aromatic N) is 2. The quantitative estimate of drug-likeness (QED) is 0.0523. The largest absolute Gasteiger partial charge is 2.00 e. The topological polar surface area (TPSA) is 192 Å². The summed E-state index contributed by atoms with van der Waals surface area (Å²) >= 11 is 0. The average Bonchev–Trinajstić information content (AvgIpc) is 2.86. The predicted octanol–water partition coefficient (Wildman–Crippen LogP) is 1.07. The molecule has 0 aromatic carbocycles. The number of rotatable bonds is 22. The van der Waals surface area contributed by atoms with Crippen molar-refractivity contribution in [1.29, 1.82) is 0 Å². The molecule has 45 heavy (non-hydrogen) atoms. The van der Waals surface area contributed by atoms with Crippen molar-refractivity contribution in [3.8, 4) is 0 Å². The molecule has 0 aliphatic rings. The Labute approximate surface area is 297 Å². The number of hydroxylamine groups is 4. The fourth-order valence-corrected chi connectivity index (χ4v) is 4.00. The molecule has 0 N–H and O–H groups in total. The predicted molar refractivity (Wildman–Crippen MR) is 159 cm³/mol. The van der Waals surface area contributed by atoms with Gasteiger partial charge in [0.2, 0.25) is 25.4 Å². The summed E-state index contributed by atoms with van der Waals surface area (Å²) in [6.45, 7) is 17.8. The second-order valence-electron chi connectivity index (χ2n) is 12.1. The maximum Gasteiger partial charge on any atom is 2.00 e. The molecule has 2 amide bonds. The third-order valence-electron chi connectivity index (χ3n) is 5.71. The summed E-state index contributed by atoms with van der Waals surface area (Å²) in [6, 6.07) is 0. The standard InChI is InChI=1S/2C15H27NO6.Ca/c2*1-10(2)6-13(7-14(18)19)8-16(9-17)22-12(5)21-15(20)11(3)4;/h2*9-13H,6-8H2,1-5H3,(H,18,19);/q;;+2/p-2/t2*12-,13+;/m11./s1. The van der Waals surface area contributed by atoms with E-state index in [-0.39, 0.29) is 99.2 Å².